The van der Waals surface area contributed by atoms with Gasteiger partial charge in [0.1, 0.15) is 17.5 Å². The number of aryl methyl sites for hydroxylation is 2. The van der Waals surface area contributed by atoms with E-state index in [1.54, 1.807) is 7.11 Å². The van der Waals surface area contributed by atoms with Crippen LogP contribution in [0, 0.1) is 25.2 Å². The molecule has 0 radical (unpaired) electrons. The predicted octanol–water partition coefficient (Wildman–Crippen LogP) is 3.49. The summed E-state index contributed by atoms with van der Waals surface area (Å²) >= 11 is 0. The highest BCUT2D eigenvalue weighted by atomic mass is 16.5. The van der Waals surface area contributed by atoms with Crippen molar-refractivity contribution in [3.8, 4) is 17.6 Å². The molecule has 0 saturated carbocycles. The monoisotopic (exact) mass is 407 g/mol. The van der Waals surface area contributed by atoms with Gasteiger partial charge in [-0.25, -0.2) is 0 Å². The number of amides is 1. The van der Waals surface area contributed by atoms with Crippen molar-refractivity contribution in [2.45, 2.75) is 26.3 Å². The number of hydrogen-bond donors (Lipinski definition) is 0. The summed E-state index contributed by atoms with van der Waals surface area (Å²) in [5.41, 5.74) is 3.24. The van der Waals surface area contributed by atoms with E-state index in [0.29, 0.717) is 39.2 Å². The number of benzene rings is 2. The van der Waals surface area contributed by atoms with Gasteiger partial charge in [0.25, 0.3) is 0 Å². The first-order chi connectivity index (χ1) is 14.5. The predicted molar refractivity (Wildman–Crippen MR) is 116 cm³/mol. The summed E-state index contributed by atoms with van der Waals surface area (Å²) in [6.07, 6.45) is 0.354. The van der Waals surface area contributed by atoms with E-state index in [1.807, 2.05) is 55.1 Å². The molecule has 6 heteroatoms. The number of methoxy groups -OCH3 is 1. The number of nitriles is 1. The fourth-order valence-corrected chi connectivity index (χ4v) is 3.81. The van der Waals surface area contributed by atoms with Crippen LogP contribution in [0.25, 0.3) is 0 Å². The third-order valence-electron chi connectivity index (χ3n) is 5.37. The van der Waals surface area contributed by atoms with Crippen LogP contribution in [0.3, 0.4) is 0 Å². The largest absolute Gasteiger partial charge is 0.497 e. The normalized spacial score (nSPS) is 15.3. The highest BCUT2D eigenvalue weighted by molar-refractivity contribution is 5.76. The Labute approximate surface area is 178 Å². The van der Waals surface area contributed by atoms with Gasteiger partial charge < -0.3 is 14.4 Å². The average molecular weight is 408 g/mol. The first-order valence-corrected chi connectivity index (χ1v) is 10.3. The van der Waals surface area contributed by atoms with Crippen molar-refractivity contribution in [2.75, 3.05) is 39.9 Å². The number of ether oxygens (including phenoxy) is 2. The summed E-state index contributed by atoms with van der Waals surface area (Å²) in [6, 6.07) is 15.7. The molecule has 0 spiro atoms. The van der Waals surface area contributed by atoms with Gasteiger partial charge in [0.2, 0.25) is 5.91 Å². The van der Waals surface area contributed by atoms with E-state index >= 15 is 0 Å². The molecule has 2 aromatic rings. The Kier molecular flexibility index (Phi) is 7.31. The van der Waals surface area contributed by atoms with Crippen LogP contribution >= 0.6 is 0 Å². The number of carbonyl (C=O) groups excluding carboxylic acids is 1. The first-order valence-electron chi connectivity index (χ1n) is 10.3. The summed E-state index contributed by atoms with van der Waals surface area (Å²) in [5, 5.41) is 9.68. The Balaban J connectivity index is 1.47. The van der Waals surface area contributed by atoms with Crippen LogP contribution in [0.1, 0.15) is 29.2 Å². The van der Waals surface area contributed by atoms with Crippen LogP contribution in [0.15, 0.2) is 42.5 Å². The molecule has 30 heavy (non-hydrogen) atoms. The van der Waals surface area contributed by atoms with Gasteiger partial charge in [-0.1, -0.05) is 18.2 Å². The summed E-state index contributed by atoms with van der Waals surface area (Å²) in [4.78, 5) is 16.5. The Morgan fingerprint density at radius 1 is 1.03 bits per heavy atom. The Morgan fingerprint density at radius 3 is 2.23 bits per heavy atom. The number of carbonyl (C=O) groups is 1. The van der Waals surface area contributed by atoms with Crippen LogP contribution < -0.4 is 9.47 Å². The maximum atomic E-state index is 12.6. The molecular weight excluding hydrogens is 378 g/mol. The maximum Gasteiger partial charge on any atom is 0.226 e. The van der Waals surface area contributed by atoms with Crippen molar-refractivity contribution in [2.24, 2.45) is 0 Å². The van der Waals surface area contributed by atoms with Crippen molar-refractivity contribution >= 4 is 5.91 Å². The van der Waals surface area contributed by atoms with Gasteiger partial charge in [0.05, 0.1) is 26.2 Å². The molecule has 1 aliphatic heterocycles. The molecule has 1 amide bonds. The molecule has 1 fully saturated rings. The number of nitrogens with zero attached hydrogens (tertiary/aromatic N) is 3. The molecular formula is C24H29N3O3. The van der Waals surface area contributed by atoms with E-state index in [9.17, 15) is 10.1 Å². The molecule has 2 aromatic carbocycles. The number of piperazine rings is 1. The van der Waals surface area contributed by atoms with Crippen LogP contribution in [-0.2, 0) is 4.79 Å². The van der Waals surface area contributed by atoms with Gasteiger partial charge in [-0.2, -0.15) is 5.26 Å². The van der Waals surface area contributed by atoms with Crippen LogP contribution in [0.5, 0.6) is 11.5 Å². The quantitative estimate of drug-likeness (QED) is 0.703. The molecule has 1 heterocycles. The molecule has 1 aliphatic rings. The van der Waals surface area contributed by atoms with E-state index in [0.717, 1.165) is 28.2 Å². The lowest BCUT2D eigenvalue weighted by atomic mass is 10.1. The minimum Gasteiger partial charge on any atom is -0.497 e. The van der Waals surface area contributed by atoms with Gasteiger partial charge in [-0.3, -0.25) is 9.69 Å². The third-order valence-corrected chi connectivity index (χ3v) is 5.37. The summed E-state index contributed by atoms with van der Waals surface area (Å²) in [7, 11) is 1.62. The summed E-state index contributed by atoms with van der Waals surface area (Å²) in [6.45, 7) is 7.03. The van der Waals surface area contributed by atoms with E-state index in [-0.39, 0.29) is 11.9 Å². The standard InChI is InChI=1S/C24H29N3O3/c1-18-14-19(2)16-22(15-18)30-13-8-24(28)27-11-9-26(10-12-27)23(17-25)20-4-6-21(29-3)7-5-20/h4-7,14-16,23H,8-13H2,1-3H3. The summed E-state index contributed by atoms with van der Waals surface area (Å²) in [5.74, 6) is 1.67. The lowest BCUT2D eigenvalue weighted by Crippen LogP contribution is -2.49. The minimum absolute atomic E-state index is 0.0944. The third kappa shape index (κ3) is 5.52. The fourth-order valence-electron chi connectivity index (χ4n) is 3.81. The second kappa shape index (κ2) is 10.1. The van der Waals surface area contributed by atoms with Crippen molar-refractivity contribution in [3.63, 3.8) is 0 Å². The molecule has 1 saturated heterocycles. The van der Waals surface area contributed by atoms with Crippen LogP contribution in [0.2, 0.25) is 0 Å². The number of rotatable bonds is 7. The zero-order valence-electron chi connectivity index (χ0n) is 17.9. The minimum atomic E-state index is -0.318. The van der Waals surface area contributed by atoms with Crippen LogP contribution in [-0.4, -0.2) is 55.6 Å². The SMILES string of the molecule is COc1ccc(C(C#N)N2CCN(C(=O)CCOc3cc(C)cc(C)c3)CC2)cc1. The average Bonchev–Trinajstić information content (AvgIpc) is 2.74. The molecule has 1 unspecified atom stereocenters. The second-order valence-electron chi connectivity index (χ2n) is 7.64. The van der Waals surface area contributed by atoms with Gasteiger partial charge in [0, 0.05) is 26.2 Å². The van der Waals surface area contributed by atoms with Crippen LogP contribution in [0.4, 0.5) is 0 Å². The Hall–Kier alpha value is -3.04. The van der Waals surface area contributed by atoms with Gasteiger partial charge in [-0.15, -0.1) is 0 Å². The van der Waals surface area contributed by atoms with Gasteiger partial charge in [-0.05, 0) is 54.8 Å². The molecule has 1 atom stereocenters. The van der Waals surface area contributed by atoms with Crippen molar-refractivity contribution in [1.82, 2.24) is 9.80 Å². The molecule has 0 aromatic heterocycles. The summed E-state index contributed by atoms with van der Waals surface area (Å²) < 4.78 is 11.0. The Morgan fingerprint density at radius 2 is 1.67 bits per heavy atom. The molecule has 6 nitrogen and oxygen atoms in total. The molecule has 0 N–H and O–H groups in total. The topological polar surface area (TPSA) is 65.8 Å². The van der Waals surface area contributed by atoms with Gasteiger partial charge in [0.15, 0.2) is 0 Å². The van der Waals surface area contributed by atoms with Crippen molar-refractivity contribution in [3.05, 3.63) is 59.2 Å². The molecule has 158 valence electrons. The van der Waals surface area contributed by atoms with E-state index in [1.165, 1.54) is 0 Å². The van der Waals surface area contributed by atoms with Crippen molar-refractivity contribution < 1.29 is 14.3 Å². The molecule has 3 rings (SSSR count). The lowest BCUT2D eigenvalue weighted by molar-refractivity contribution is -0.133. The first kappa shape index (κ1) is 21.7. The molecule has 0 bridgehead atoms. The zero-order valence-corrected chi connectivity index (χ0v) is 17.9. The number of hydrogen-bond acceptors (Lipinski definition) is 5. The molecule has 0 aliphatic carbocycles. The van der Waals surface area contributed by atoms with Crippen molar-refractivity contribution in [1.29, 1.82) is 5.26 Å². The lowest BCUT2D eigenvalue weighted by Gasteiger charge is -2.37. The smallest absolute Gasteiger partial charge is 0.226 e. The highest BCUT2D eigenvalue weighted by Crippen LogP contribution is 2.24. The van der Waals surface area contributed by atoms with E-state index in [2.05, 4.69) is 17.0 Å². The Bertz CT molecular complexity index is 877. The second-order valence-corrected chi connectivity index (χ2v) is 7.64. The zero-order chi connectivity index (χ0) is 21.5. The highest BCUT2D eigenvalue weighted by Gasteiger charge is 2.27. The van der Waals surface area contributed by atoms with E-state index < -0.39 is 0 Å². The van der Waals surface area contributed by atoms with Gasteiger partial charge >= 0.3 is 0 Å². The van der Waals surface area contributed by atoms with E-state index in [4.69, 9.17) is 9.47 Å². The maximum absolute atomic E-state index is 12.6. The fraction of sp³-hybridized carbons (Fsp3) is 0.417.